The molecule has 2 aromatic carbocycles. The summed E-state index contributed by atoms with van der Waals surface area (Å²) in [6.45, 7) is 2.34. The molecule has 0 heterocycles. The molecule has 3 nitrogen and oxygen atoms in total. The Morgan fingerprint density at radius 3 is 2.20 bits per heavy atom. The Labute approximate surface area is 127 Å². The van der Waals surface area contributed by atoms with Crippen molar-refractivity contribution in [3.8, 4) is 11.5 Å². The molecule has 0 saturated heterocycles. The molecule has 0 saturated carbocycles. The van der Waals surface area contributed by atoms with Crippen LogP contribution in [-0.4, -0.2) is 17.8 Å². The van der Waals surface area contributed by atoms with Crippen LogP contribution in [0.2, 0.25) is 0 Å². The molecule has 1 atom stereocenters. The molecule has 2 aromatic rings. The van der Waals surface area contributed by atoms with Crippen LogP contribution in [0, 0.1) is 0 Å². The fraction of sp³-hybridized carbons (Fsp3) is 0.250. The molecule has 0 fully saturated rings. The standard InChI is InChI=1S/C16H17BrO3/c1-12(10-18)20-16-6-2-13(3-7-16)11-19-15-8-4-14(17)5-9-15/h2-9,12,18H,10-11H2,1H3. The number of benzene rings is 2. The minimum absolute atomic E-state index is 0.00836. The zero-order chi connectivity index (χ0) is 14.4. The number of hydrogen-bond acceptors (Lipinski definition) is 3. The summed E-state index contributed by atoms with van der Waals surface area (Å²) >= 11 is 3.39. The third-order valence-corrected chi connectivity index (χ3v) is 3.27. The van der Waals surface area contributed by atoms with Gasteiger partial charge in [-0.2, -0.15) is 0 Å². The molecule has 1 unspecified atom stereocenters. The maximum atomic E-state index is 8.93. The van der Waals surface area contributed by atoms with Gasteiger partial charge in [-0.25, -0.2) is 0 Å². The van der Waals surface area contributed by atoms with E-state index in [0.29, 0.717) is 6.61 Å². The Balaban J connectivity index is 1.89. The summed E-state index contributed by atoms with van der Waals surface area (Å²) in [5, 5.41) is 8.93. The van der Waals surface area contributed by atoms with E-state index >= 15 is 0 Å². The molecule has 106 valence electrons. The van der Waals surface area contributed by atoms with Crippen molar-refractivity contribution in [2.75, 3.05) is 6.61 Å². The van der Waals surface area contributed by atoms with Gasteiger partial charge in [0.2, 0.25) is 0 Å². The van der Waals surface area contributed by atoms with E-state index < -0.39 is 0 Å². The highest BCUT2D eigenvalue weighted by Gasteiger charge is 2.02. The summed E-state index contributed by atoms with van der Waals surface area (Å²) in [5.41, 5.74) is 1.07. The molecule has 2 rings (SSSR count). The van der Waals surface area contributed by atoms with Gasteiger partial charge in [0.1, 0.15) is 24.2 Å². The van der Waals surface area contributed by atoms with E-state index in [-0.39, 0.29) is 12.7 Å². The fourth-order valence-electron chi connectivity index (χ4n) is 1.63. The number of aliphatic hydroxyl groups excluding tert-OH is 1. The summed E-state index contributed by atoms with van der Waals surface area (Å²) < 4.78 is 12.2. The zero-order valence-corrected chi connectivity index (χ0v) is 12.8. The molecule has 4 heteroatoms. The highest BCUT2D eigenvalue weighted by molar-refractivity contribution is 9.10. The lowest BCUT2D eigenvalue weighted by atomic mass is 10.2. The van der Waals surface area contributed by atoms with Crippen LogP contribution in [0.3, 0.4) is 0 Å². The second-order valence-corrected chi connectivity index (χ2v) is 5.41. The van der Waals surface area contributed by atoms with Gasteiger partial charge >= 0.3 is 0 Å². The lowest BCUT2D eigenvalue weighted by Crippen LogP contribution is -2.16. The Hall–Kier alpha value is -1.52. The van der Waals surface area contributed by atoms with E-state index in [1.54, 1.807) is 0 Å². The number of ether oxygens (including phenoxy) is 2. The highest BCUT2D eigenvalue weighted by Crippen LogP contribution is 2.18. The monoisotopic (exact) mass is 336 g/mol. The quantitative estimate of drug-likeness (QED) is 0.872. The summed E-state index contributed by atoms with van der Waals surface area (Å²) in [7, 11) is 0. The predicted octanol–water partition coefficient (Wildman–Crippen LogP) is 3.79. The molecule has 0 radical (unpaired) electrons. The number of rotatable bonds is 6. The highest BCUT2D eigenvalue weighted by atomic mass is 79.9. The maximum Gasteiger partial charge on any atom is 0.119 e. The van der Waals surface area contributed by atoms with Gasteiger partial charge in [-0.15, -0.1) is 0 Å². The largest absolute Gasteiger partial charge is 0.489 e. The molecule has 0 aliphatic heterocycles. The first-order valence-electron chi connectivity index (χ1n) is 6.42. The molecule has 20 heavy (non-hydrogen) atoms. The average Bonchev–Trinajstić information content (AvgIpc) is 2.48. The van der Waals surface area contributed by atoms with Crippen LogP contribution in [0.15, 0.2) is 53.0 Å². The molecular formula is C16H17BrO3. The summed E-state index contributed by atoms with van der Waals surface area (Å²) in [4.78, 5) is 0. The molecule has 0 amide bonds. The Morgan fingerprint density at radius 2 is 1.60 bits per heavy atom. The average molecular weight is 337 g/mol. The van der Waals surface area contributed by atoms with E-state index in [0.717, 1.165) is 21.5 Å². The Kier molecular flexibility index (Phi) is 5.44. The van der Waals surface area contributed by atoms with Crippen molar-refractivity contribution in [3.05, 3.63) is 58.6 Å². The first-order valence-corrected chi connectivity index (χ1v) is 7.21. The molecule has 0 bridgehead atoms. The van der Waals surface area contributed by atoms with Crippen molar-refractivity contribution in [2.24, 2.45) is 0 Å². The van der Waals surface area contributed by atoms with Gasteiger partial charge in [-0.05, 0) is 48.9 Å². The number of hydrogen-bond donors (Lipinski definition) is 1. The van der Waals surface area contributed by atoms with Gasteiger partial charge in [0.05, 0.1) is 6.61 Å². The maximum absolute atomic E-state index is 8.93. The van der Waals surface area contributed by atoms with E-state index in [1.807, 2.05) is 55.5 Å². The lowest BCUT2D eigenvalue weighted by Gasteiger charge is -2.12. The van der Waals surface area contributed by atoms with Crippen LogP contribution < -0.4 is 9.47 Å². The third kappa shape index (κ3) is 4.54. The predicted molar refractivity (Wildman–Crippen MR) is 82.1 cm³/mol. The molecule has 1 N–H and O–H groups in total. The van der Waals surface area contributed by atoms with Gasteiger partial charge < -0.3 is 14.6 Å². The first kappa shape index (κ1) is 14.9. The lowest BCUT2D eigenvalue weighted by molar-refractivity contribution is 0.129. The van der Waals surface area contributed by atoms with E-state index in [9.17, 15) is 0 Å². The molecular weight excluding hydrogens is 320 g/mol. The molecule has 0 spiro atoms. The normalized spacial score (nSPS) is 11.9. The van der Waals surface area contributed by atoms with Gasteiger partial charge in [0.15, 0.2) is 0 Å². The second kappa shape index (κ2) is 7.31. The van der Waals surface area contributed by atoms with E-state index in [4.69, 9.17) is 14.6 Å². The minimum Gasteiger partial charge on any atom is -0.489 e. The van der Waals surface area contributed by atoms with Crippen LogP contribution in [-0.2, 0) is 6.61 Å². The van der Waals surface area contributed by atoms with Crippen molar-refractivity contribution in [1.29, 1.82) is 0 Å². The number of halogens is 1. The van der Waals surface area contributed by atoms with Crippen molar-refractivity contribution >= 4 is 15.9 Å². The van der Waals surface area contributed by atoms with Crippen LogP contribution >= 0.6 is 15.9 Å². The SMILES string of the molecule is CC(CO)Oc1ccc(COc2ccc(Br)cc2)cc1. The van der Waals surface area contributed by atoms with Crippen LogP contribution in [0.25, 0.3) is 0 Å². The number of aliphatic hydroxyl groups is 1. The molecule has 0 aromatic heterocycles. The summed E-state index contributed by atoms with van der Waals surface area (Å²) in [6.07, 6.45) is -0.195. The van der Waals surface area contributed by atoms with Crippen molar-refractivity contribution in [1.82, 2.24) is 0 Å². The van der Waals surface area contributed by atoms with Crippen LogP contribution in [0.4, 0.5) is 0 Å². The fourth-order valence-corrected chi connectivity index (χ4v) is 1.90. The van der Waals surface area contributed by atoms with Crippen molar-refractivity contribution < 1.29 is 14.6 Å². The smallest absolute Gasteiger partial charge is 0.119 e. The molecule has 0 aliphatic carbocycles. The van der Waals surface area contributed by atoms with Crippen molar-refractivity contribution in [3.63, 3.8) is 0 Å². The molecule has 0 aliphatic rings. The summed E-state index contributed by atoms with van der Waals surface area (Å²) in [6, 6.07) is 15.4. The second-order valence-electron chi connectivity index (χ2n) is 4.50. The minimum atomic E-state index is -0.195. The Morgan fingerprint density at radius 1 is 1.00 bits per heavy atom. The van der Waals surface area contributed by atoms with Gasteiger partial charge in [-0.1, -0.05) is 28.1 Å². The van der Waals surface area contributed by atoms with Gasteiger partial charge in [0, 0.05) is 4.47 Å². The van der Waals surface area contributed by atoms with Crippen LogP contribution in [0.5, 0.6) is 11.5 Å². The van der Waals surface area contributed by atoms with Crippen molar-refractivity contribution in [2.45, 2.75) is 19.6 Å². The Bertz CT molecular complexity index is 522. The van der Waals surface area contributed by atoms with Gasteiger partial charge in [0.25, 0.3) is 0 Å². The van der Waals surface area contributed by atoms with Crippen LogP contribution in [0.1, 0.15) is 12.5 Å². The topological polar surface area (TPSA) is 38.7 Å². The summed E-state index contributed by atoms with van der Waals surface area (Å²) in [5.74, 6) is 1.58. The van der Waals surface area contributed by atoms with Gasteiger partial charge in [-0.3, -0.25) is 0 Å². The van der Waals surface area contributed by atoms with E-state index in [2.05, 4.69) is 15.9 Å². The van der Waals surface area contributed by atoms with E-state index in [1.165, 1.54) is 0 Å². The third-order valence-electron chi connectivity index (χ3n) is 2.74. The first-order chi connectivity index (χ1) is 9.67. The zero-order valence-electron chi connectivity index (χ0n) is 11.3.